The molecule has 0 amide bonds. The molecule has 4 heterocycles. The van der Waals surface area contributed by atoms with Gasteiger partial charge in [-0.15, -0.1) is 18.2 Å². The molecule has 0 unspecified atom stereocenters. The molecular weight excluding hydrogens is 744 g/mol. The van der Waals surface area contributed by atoms with E-state index in [1.807, 2.05) is 24.4 Å². The molecule has 232 valence electrons. The van der Waals surface area contributed by atoms with E-state index in [-0.39, 0.29) is 31.9 Å². The van der Waals surface area contributed by atoms with Gasteiger partial charge in [-0.3, -0.25) is 9.97 Å². The molecular formula is C41H38N4Pt. The fraction of sp³-hybridized carbons (Fsp3) is 0.220. The van der Waals surface area contributed by atoms with Gasteiger partial charge in [0.05, 0.1) is 5.65 Å². The zero-order chi connectivity index (χ0) is 31.5. The molecule has 46 heavy (non-hydrogen) atoms. The van der Waals surface area contributed by atoms with Crippen LogP contribution in [0.2, 0.25) is 0 Å². The summed E-state index contributed by atoms with van der Waals surface area (Å²) in [6.45, 7) is 15.7. The average Bonchev–Trinajstić information content (AvgIpc) is 3.60. The van der Waals surface area contributed by atoms with E-state index >= 15 is 0 Å². The van der Waals surface area contributed by atoms with Crippen molar-refractivity contribution in [2.24, 2.45) is 0 Å². The first kappa shape index (κ1) is 31.7. The van der Waals surface area contributed by atoms with Crippen LogP contribution in [0.3, 0.4) is 0 Å². The summed E-state index contributed by atoms with van der Waals surface area (Å²) in [5.41, 5.74) is 10.5. The minimum Gasteiger partial charge on any atom is -0.439 e. The summed E-state index contributed by atoms with van der Waals surface area (Å²) in [6, 6.07) is 35.9. The third-order valence-corrected chi connectivity index (χ3v) is 8.68. The van der Waals surface area contributed by atoms with Gasteiger partial charge in [0.2, 0.25) is 0 Å². The molecule has 0 atom stereocenters. The Kier molecular flexibility index (Phi) is 8.15. The van der Waals surface area contributed by atoms with Crippen molar-refractivity contribution in [3.63, 3.8) is 0 Å². The zero-order valence-corrected chi connectivity index (χ0v) is 29.7. The second kappa shape index (κ2) is 11.8. The van der Waals surface area contributed by atoms with E-state index in [1.54, 1.807) is 0 Å². The van der Waals surface area contributed by atoms with Gasteiger partial charge in [0.25, 0.3) is 0 Å². The topological polar surface area (TPSA) is 44.8 Å². The first-order valence-electron chi connectivity index (χ1n) is 15.6. The van der Waals surface area contributed by atoms with Crippen molar-refractivity contribution in [1.29, 1.82) is 0 Å². The zero-order valence-electron chi connectivity index (χ0n) is 27.4. The summed E-state index contributed by atoms with van der Waals surface area (Å²) in [7, 11) is 0. The standard InChI is InChI=1S/C41H38N4.Pt/c1-26-34-12-8-9-13-35(34)39(43-26)45-19-17-27-15-16-37(44-38(27)45)31-21-28(20-30(22-31)36-14-10-11-18-42-36)29-23-32(40(2,3)4)25-33(24-29)41(5,6)7;/h8-21,23-25H,1-7H3;/q-2;+2. The summed E-state index contributed by atoms with van der Waals surface area (Å²) in [5, 5.41) is 3.36. The fourth-order valence-corrected chi connectivity index (χ4v) is 5.98. The number of aromatic nitrogens is 4. The molecule has 4 nitrogen and oxygen atoms in total. The minimum atomic E-state index is 0. The molecule has 0 aliphatic heterocycles. The molecule has 0 aliphatic rings. The number of hydrogen-bond acceptors (Lipinski definition) is 2. The molecule has 0 spiro atoms. The maximum absolute atomic E-state index is 5.25. The van der Waals surface area contributed by atoms with E-state index in [9.17, 15) is 0 Å². The Morgan fingerprint density at radius 3 is 1.96 bits per heavy atom. The second-order valence-corrected chi connectivity index (χ2v) is 14.1. The van der Waals surface area contributed by atoms with Crippen molar-refractivity contribution < 1.29 is 21.1 Å². The van der Waals surface area contributed by atoms with Crippen LogP contribution in [0.25, 0.3) is 61.3 Å². The summed E-state index contributed by atoms with van der Waals surface area (Å²) in [6.07, 6.45) is 3.91. The number of fused-ring (bicyclic) bond motifs is 2. The monoisotopic (exact) mass is 781 g/mol. The Morgan fingerprint density at radius 2 is 1.30 bits per heavy atom. The van der Waals surface area contributed by atoms with Gasteiger partial charge in [-0.1, -0.05) is 143 Å². The van der Waals surface area contributed by atoms with Gasteiger partial charge in [-0.2, -0.15) is 0 Å². The molecule has 7 rings (SSSR count). The van der Waals surface area contributed by atoms with Crippen molar-refractivity contribution in [2.75, 3.05) is 0 Å². The third kappa shape index (κ3) is 5.87. The molecule has 4 aromatic heterocycles. The van der Waals surface area contributed by atoms with Crippen molar-refractivity contribution in [2.45, 2.75) is 59.3 Å². The third-order valence-electron chi connectivity index (χ3n) is 8.68. The Balaban J connectivity index is 0.00000372. The predicted octanol–water partition coefficient (Wildman–Crippen LogP) is 10.2. The predicted molar refractivity (Wildman–Crippen MR) is 187 cm³/mol. The summed E-state index contributed by atoms with van der Waals surface area (Å²) < 4.78 is 2.11. The number of nitrogens with zero attached hydrogens (tertiary/aromatic N) is 4. The van der Waals surface area contributed by atoms with E-state index in [1.165, 1.54) is 22.1 Å². The van der Waals surface area contributed by atoms with E-state index in [0.717, 1.165) is 56.0 Å². The number of benzene rings is 3. The summed E-state index contributed by atoms with van der Waals surface area (Å²) in [4.78, 5) is 14.9. The van der Waals surface area contributed by atoms with Crippen LogP contribution >= 0.6 is 0 Å². The molecule has 0 N–H and O–H groups in total. The van der Waals surface area contributed by atoms with Crippen LogP contribution in [0.5, 0.6) is 0 Å². The van der Waals surface area contributed by atoms with Gasteiger partial charge in [0.1, 0.15) is 0 Å². The Bertz CT molecular complexity index is 2160. The molecule has 0 saturated heterocycles. The van der Waals surface area contributed by atoms with E-state index < -0.39 is 0 Å². The first-order chi connectivity index (χ1) is 21.5. The van der Waals surface area contributed by atoms with Crippen LogP contribution in [-0.2, 0) is 31.9 Å². The van der Waals surface area contributed by atoms with E-state index in [4.69, 9.17) is 15.0 Å². The first-order valence-corrected chi connectivity index (χ1v) is 15.6. The fourth-order valence-electron chi connectivity index (χ4n) is 5.98. The van der Waals surface area contributed by atoms with Crippen molar-refractivity contribution in [3.8, 4) is 39.5 Å². The number of aryl methyl sites for hydroxylation is 1. The minimum absolute atomic E-state index is 0. The van der Waals surface area contributed by atoms with Crippen molar-refractivity contribution in [1.82, 2.24) is 19.5 Å². The normalized spacial score (nSPS) is 12.1. The molecule has 0 fully saturated rings. The summed E-state index contributed by atoms with van der Waals surface area (Å²) in [5.74, 6) is 0.906. The molecule has 3 aromatic carbocycles. The molecule has 5 heteroatoms. The molecule has 0 radical (unpaired) electrons. The number of hydrogen-bond donors (Lipinski definition) is 0. The van der Waals surface area contributed by atoms with Crippen molar-refractivity contribution >= 4 is 21.8 Å². The van der Waals surface area contributed by atoms with Crippen molar-refractivity contribution in [3.05, 3.63) is 126 Å². The average molecular weight is 782 g/mol. The van der Waals surface area contributed by atoms with Gasteiger partial charge >= 0.3 is 21.1 Å². The Morgan fingerprint density at radius 1 is 0.674 bits per heavy atom. The van der Waals surface area contributed by atoms with Gasteiger partial charge in [0.15, 0.2) is 0 Å². The van der Waals surface area contributed by atoms with Gasteiger partial charge in [-0.25, -0.2) is 0 Å². The van der Waals surface area contributed by atoms with Crippen LogP contribution in [0.1, 0.15) is 58.4 Å². The second-order valence-electron chi connectivity index (χ2n) is 14.1. The Labute approximate surface area is 286 Å². The number of pyridine rings is 2. The quantitative estimate of drug-likeness (QED) is 0.167. The van der Waals surface area contributed by atoms with Gasteiger partial charge in [-0.05, 0) is 62.5 Å². The molecule has 0 saturated carbocycles. The maximum atomic E-state index is 5.25. The molecule has 0 bridgehead atoms. The van der Waals surface area contributed by atoms with Crippen LogP contribution in [0, 0.1) is 13.0 Å². The smallest absolute Gasteiger partial charge is 0.439 e. The molecule has 7 aromatic rings. The van der Waals surface area contributed by atoms with Gasteiger partial charge < -0.3 is 9.55 Å². The van der Waals surface area contributed by atoms with E-state index in [0.29, 0.717) is 0 Å². The van der Waals surface area contributed by atoms with Crippen LogP contribution in [0.15, 0.2) is 103 Å². The van der Waals surface area contributed by atoms with Gasteiger partial charge in [0, 0.05) is 17.6 Å². The van der Waals surface area contributed by atoms with E-state index in [2.05, 4.69) is 138 Å². The maximum Gasteiger partial charge on any atom is 2.00 e. The van der Waals surface area contributed by atoms with Crippen LogP contribution in [-0.4, -0.2) is 14.5 Å². The number of rotatable bonds is 4. The Hall–Kier alpha value is -4.27. The summed E-state index contributed by atoms with van der Waals surface area (Å²) >= 11 is 0. The van der Waals surface area contributed by atoms with Crippen LogP contribution < -0.4 is 4.98 Å². The largest absolute Gasteiger partial charge is 2.00 e. The van der Waals surface area contributed by atoms with Crippen LogP contribution in [0.4, 0.5) is 0 Å². The SMILES string of the molecule is Cc1[n-]c(-n2ccc3ccc(-c4[c-]c(-c5ccccn5)cc(-c5cc(C(C)(C)C)cc(C(C)(C)C)c5)c4)nc32)c2ccccc12.[Pt+2]. The molecule has 0 aliphatic carbocycles.